The number of hydrogen-bond acceptors (Lipinski definition) is 2. The summed E-state index contributed by atoms with van der Waals surface area (Å²) in [5.41, 5.74) is 5.87. The molecule has 0 aliphatic heterocycles. The zero-order valence-electron chi connectivity index (χ0n) is 10.4. The summed E-state index contributed by atoms with van der Waals surface area (Å²) >= 11 is 0. The van der Waals surface area contributed by atoms with Crippen molar-refractivity contribution < 1.29 is 5.11 Å². The average molecular weight is 201 g/mol. The Hall–Kier alpha value is -0.0800. The second-order valence-corrected chi connectivity index (χ2v) is 5.96. The van der Waals surface area contributed by atoms with Gasteiger partial charge >= 0.3 is 0 Å². The highest BCUT2D eigenvalue weighted by Gasteiger charge is 2.24. The van der Waals surface area contributed by atoms with Crippen molar-refractivity contribution in [1.29, 1.82) is 0 Å². The standard InChI is InChI=1S/C12H27NO/c1-9(2)6-10(8-13)11(14)7-12(3,4)5/h9-11,14H,6-8,13H2,1-5H3. The van der Waals surface area contributed by atoms with Crippen molar-refractivity contribution in [3.63, 3.8) is 0 Å². The van der Waals surface area contributed by atoms with Crippen LogP contribution in [0.1, 0.15) is 47.5 Å². The third-order valence-corrected chi connectivity index (χ3v) is 2.44. The molecular formula is C12H27NO. The van der Waals surface area contributed by atoms with Crippen LogP contribution in [0.2, 0.25) is 0 Å². The van der Waals surface area contributed by atoms with E-state index in [4.69, 9.17) is 5.73 Å². The minimum atomic E-state index is -0.248. The van der Waals surface area contributed by atoms with Gasteiger partial charge in [0.1, 0.15) is 0 Å². The fraction of sp³-hybridized carbons (Fsp3) is 1.00. The summed E-state index contributed by atoms with van der Waals surface area (Å²) in [7, 11) is 0. The first-order valence-electron chi connectivity index (χ1n) is 5.64. The van der Waals surface area contributed by atoms with Crippen molar-refractivity contribution in [3.8, 4) is 0 Å². The van der Waals surface area contributed by atoms with Crippen molar-refractivity contribution >= 4 is 0 Å². The summed E-state index contributed by atoms with van der Waals surface area (Å²) in [5.74, 6) is 0.868. The first-order chi connectivity index (χ1) is 6.26. The van der Waals surface area contributed by atoms with Gasteiger partial charge in [0.2, 0.25) is 0 Å². The minimum Gasteiger partial charge on any atom is -0.393 e. The predicted octanol–water partition coefficient (Wildman–Crippen LogP) is 2.40. The van der Waals surface area contributed by atoms with Gasteiger partial charge in [-0.3, -0.25) is 0 Å². The van der Waals surface area contributed by atoms with Crippen LogP contribution in [0.4, 0.5) is 0 Å². The van der Waals surface area contributed by atoms with Crippen molar-refractivity contribution in [2.75, 3.05) is 6.54 Å². The molecule has 0 aliphatic carbocycles. The second-order valence-electron chi connectivity index (χ2n) is 5.96. The third kappa shape index (κ3) is 6.39. The molecule has 0 spiro atoms. The van der Waals surface area contributed by atoms with Gasteiger partial charge in [-0.05, 0) is 36.6 Å². The van der Waals surface area contributed by atoms with Gasteiger partial charge in [0.05, 0.1) is 6.10 Å². The van der Waals surface area contributed by atoms with Crippen LogP contribution in [0.3, 0.4) is 0 Å². The molecular weight excluding hydrogens is 174 g/mol. The van der Waals surface area contributed by atoms with E-state index in [1.165, 1.54) is 0 Å². The monoisotopic (exact) mass is 201 g/mol. The number of hydrogen-bond donors (Lipinski definition) is 2. The van der Waals surface area contributed by atoms with Gasteiger partial charge in [0, 0.05) is 0 Å². The Morgan fingerprint density at radius 2 is 1.71 bits per heavy atom. The quantitative estimate of drug-likeness (QED) is 0.717. The van der Waals surface area contributed by atoms with E-state index in [9.17, 15) is 5.11 Å². The van der Waals surface area contributed by atoms with E-state index in [2.05, 4.69) is 34.6 Å². The molecule has 0 saturated carbocycles. The first-order valence-corrected chi connectivity index (χ1v) is 5.64. The molecule has 3 N–H and O–H groups in total. The molecule has 0 aromatic heterocycles. The molecule has 2 heteroatoms. The molecule has 0 heterocycles. The molecule has 2 atom stereocenters. The van der Waals surface area contributed by atoms with Gasteiger partial charge in [0.15, 0.2) is 0 Å². The Kier molecular flexibility index (Phi) is 5.68. The molecule has 0 aromatic rings. The number of aliphatic hydroxyl groups is 1. The first kappa shape index (κ1) is 13.9. The predicted molar refractivity (Wildman–Crippen MR) is 62.1 cm³/mol. The lowest BCUT2D eigenvalue weighted by Crippen LogP contribution is -2.32. The van der Waals surface area contributed by atoms with Crippen molar-refractivity contribution in [2.24, 2.45) is 23.0 Å². The Morgan fingerprint density at radius 3 is 2.00 bits per heavy atom. The van der Waals surface area contributed by atoms with Gasteiger partial charge in [-0.1, -0.05) is 34.6 Å². The topological polar surface area (TPSA) is 46.2 Å². The fourth-order valence-corrected chi connectivity index (χ4v) is 1.81. The summed E-state index contributed by atoms with van der Waals surface area (Å²) in [4.78, 5) is 0. The summed E-state index contributed by atoms with van der Waals surface area (Å²) in [6, 6.07) is 0. The summed E-state index contributed by atoms with van der Waals surface area (Å²) < 4.78 is 0. The Balaban J connectivity index is 4.10. The van der Waals surface area contributed by atoms with Crippen molar-refractivity contribution in [2.45, 2.75) is 53.6 Å². The molecule has 0 fully saturated rings. The lowest BCUT2D eigenvalue weighted by atomic mass is 9.82. The fourth-order valence-electron chi connectivity index (χ4n) is 1.81. The van der Waals surface area contributed by atoms with Crippen molar-refractivity contribution in [1.82, 2.24) is 0 Å². The van der Waals surface area contributed by atoms with Gasteiger partial charge in [-0.25, -0.2) is 0 Å². The molecule has 0 amide bonds. The normalized spacial score (nSPS) is 17.1. The maximum atomic E-state index is 10.0. The SMILES string of the molecule is CC(C)CC(CN)C(O)CC(C)(C)C. The highest BCUT2D eigenvalue weighted by atomic mass is 16.3. The molecule has 0 aromatic carbocycles. The summed E-state index contributed by atoms with van der Waals surface area (Å²) in [5, 5.41) is 10.0. The Morgan fingerprint density at radius 1 is 1.21 bits per heavy atom. The lowest BCUT2D eigenvalue weighted by molar-refractivity contribution is 0.0601. The average Bonchev–Trinajstić information content (AvgIpc) is 1.96. The molecule has 0 rings (SSSR count). The Labute approximate surface area is 88.9 Å². The van der Waals surface area contributed by atoms with Crippen molar-refractivity contribution in [3.05, 3.63) is 0 Å². The maximum Gasteiger partial charge on any atom is 0.0585 e. The van der Waals surface area contributed by atoms with E-state index in [0.29, 0.717) is 12.5 Å². The highest BCUT2D eigenvalue weighted by molar-refractivity contribution is 4.76. The van der Waals surface area contributed by atoms with E-state index in [0.717, 1.165) is 12.8 Å². The zero-order valence-corrected chi connectivity index (χ0v) is 10.4. The third-order valence-electron chi connectivity index (χ3n) is 2.44. The lowest BCUT2D eigenvalue weighted by Gasteiger charge is -2.28. The molecule has 0 saturated heterocycles. The van der Waals surface area contributed by atoms with E-state index >= 15 is 0 Å². The molecule has 0 aliphatic rings. The molecule has 0 radical (unpaired) electrons. The Bertz CT molecular complexity index is 149. The summed E-state index contributed by atoms with van der Waals surface area (Å²) in [6.07, 6.45) is 1.61. The van der Waals surface area contributed by atoms with Crippen LogP contribution in [0.15, 0.2) is 0 Å². The number of rotatable bonds is 5. The van der Waals surface area contributed by atoms with Gasteiger partial charge in [0.25, 0.3) is 0 Å². The maximum absolute atomic E-state index is 10.0. The molecule has 14 heavy (non-hydrogen) atoms. The molecule has 0 bridgehead atoms. The smallest absolute Gasteiger partial charge is 0.0585 e. The zero-order chi connectivity index (χ0) is 11.4. The van der Waals surface area contributed by atoms with Crippen LogP contribution in [0.25, 0.3) is 0 Å². The van der Waals surface area contributed by atoms with E-state index in [-0.39, 0.29) is 17.4 Å². The summed E-state index contributed by atoms with van der Waals surface area (Å²) in [6.45, 7) is 11.4. The van der Waals surface area contributed by atoms with Crippen LogP contribution in [0, 0.1) is 17.3 Å². The van der Waals surface area contributed by atoms with E-state index < -0.39 is 0 Å². The number of aliphatic hydroxyl groups excluding tert-OH is 1. The molecule has 2 unspecified atom stereocenters. The minimum absolute atomic E-state index is 0.184. The van der Waals surface area contributed by atoms with Gasteiger partial charge in [-0.15, -0.1) is 0 Å². The second kappa shape index (κ2) is 5.72. The van der Waals surface area contributed by atoms with Crippen LogP contribution in [-0.2, 0) is 0 Å². The number of nitrogens with two attached hydrogens (primary N) is 1. The van der Waals surface area contributed by atoms with Gasteiger partial charge < -0.3 is 10.8 Å². The van der Waals surface area contributed by atoms with Crippen LogP contribution < -0.4 is 5.73 Å². The highest BCUT2D eigenvalue weighted by Crippen LogP contribution is 2.26. The van der Waals surface area contributed by atoms with Crippen LogP contribution in [-0.4, -0.2) is 17.8 Å². The largest absolute Gasteiger partial charge is 0.393 e. The van der Waals surface area contributed by atoms with Crippen LogP contribution in [0.5, 0.6) is 0 Å². The van der Waals surface area contributed by atoms with E-state index in [1.54, 1.807) is 0 Å². The molecule has 86 valence electrons. The van der Waals surface area contributed by atoms with Gasteiger partial charge in [-0.2, -0.15) is 0 Å². The molecule has 2 nitrogen and oxygen atoms in total. The van der Waals surface area contributed by atoms with Crippen LogP contribution >= 0.6 is 0 Å². The van der Waals surface area contributed by atoms with E-state index in [1.807, 2.05) is 0 Å².